The fourth-order valence-electron chi connectivity index (χ4n) is 1.81. The molecule has 0 saturated heterocycles. The largest absolute Gasteiger partial charge is 0.494 e. The summed E-state index contributed by atoms with van der Waals surface area (Å²) in [4.78, 5) is 0. The SMILES string of the molecule is COc1cc(C(C)(C)C)cc2cn(C)nc12. The van der Waals surface area contributed by atoms with Gasteiger partial charge < -0.3 is 4.74 Å². The van der Waals surface area contributed by atoms with Gasteiger partial charge in [0.15, 0.2) is 0 Å². The van der Waals surface area contributed by atoms with Crippen LogP contribution in [0.5, 0.6) is 5.75 Å². The molecule has 2 rings (SSSR count). The van der Waals surface area contributed by atoms with E-state index in [1.54, 1.807) is 7.11 Å². The molecule has 0 aliphatic rings. The molecule has 16 heavy (non-hydrogen) atoms. The van der Waals surface area contributed by atoms with E-state index in [-0.39, 0.29) is 5.41 Å². The normalized spacial score (nSPS) is 12.1. The van der Waals surface area contributed by atoms with Crippen LogP contribution in [0.2, 0.25) is 0 Å². The van der Waals surface area contributed by atoms with Crippen LogP contribution in [0, 0.1) is 0 Å². The molecule has 0 bridgehead atoms. The van der Waals surface area contributed by atoms with E-state index < -0.39 is 0 Å². The molecule has 0 spiro atoms. The molecule has 1 aromatic carbocycles. The number of hydrogen-bond acceptors (Lipinski definition) is 2. The monoisotopic (exact) mass is 218 g/mol. The molecule has 0 atom stereocenters. The number of ether oxygens (including phenoxy) is 1. The molecular formula is C13H18N2O. The topological polar surface area (TPSA) is 27.1 Å². The summed E-state index contributed by atoms with van der Waals surface area (Å²) >= 11 is 0. The van der Waals surface area contributed by atoms with Crippen molar-refractivity contribution < 1.29 is 4.74 Å². The third kappa shape index (κ3) is 1.77. The van der Waals surface area contributed by atoms with Crippen LogP contribution in [0.25, 0.3) is 10.9 Å². The highest BCUT2D eigenvalue weighted by Gasteiger charge is 2.17. The molecule has 0 saturated carbocycles. The van der Waals surface area contributed by atoms with Crippen molar-refractivity contribution in [2.45, 2.75) is 26.2 Å². The minimum Gasteiger partial charge on any atom is -0.494 e. The molecule has 0 N–H and O–H groups in total. The Morgan fingerprint density at radius 2 is 1.94 bits per heavy atom. The van der Waals surface area contributed by atoms with Gasteiger partial charge in [-0.1, -0.05) is 20.8 Å². The molecular weight excluding hydrogens is 200 g/mol. The minimum absolute atomic E-state index is 0.122. The van der Waals surface area contributed by atoms with Crippen LogP contribution in [-0.4, -0.2) is 16.9 Å². The summed E-state index contributed by atoms with van der Waals surface area (Å²) in [6, 6.07) is 4.26. The first-order valence-electron chi connectivity index (χ1n) is 5.43. The molecule has 0 aliphatic carbocycles. The maximum atomic E-state index is 5.40. The van der Waals surface area contributed by atoms with Gasteiger partial charge in [-0.2, -0.15) is 5.10 Å². The van der Waals surface area contributed by atoms with Crippen LogP contribution < -0.4 is 4.74 Å². The first kappa shape index (κ1) is 11.0. The second-order valence-corrected chi connectivity index (χ2v) is 5.17. The van der Waals surface area contributed by atoms with Crippen LogP contribution in [0.3, 0.4) is 0 Å². The molecule has 86 valence electrons. The Kier molecular flexibility index (Phi) is 2.41. The van der Waals surface area contributed by atoms with Gasteiger partial charge >= 0.3 is 0 Å². The quantitative estimate of drug-likeness (QED) is 0.736. The molecule has 1 aromatic heterocycles. The molecule has 0 unspecified atom stereocenters. The summed E-state index contributed by atoms with van der Waals surface area (Å²) in [7, 11) is 3.62. The molecule has 0 fully saturated rings. The van der Waals surface area contributed by atoms with E-state index in [1.165, 1.54) is 5.56 Å². The molecule has 1 heterocycles. The number of rotatable bonds is 1. The fraction of sp³-hybridized carbons (Fsp3) is 0.462. The van der Waals surface area contributed by atoms with Crippen molar-refractivity contribution in [3.63, 3.8) is 0 Å². The zero-order chi connectivity index (χ0) is 11.9. The molecule has 3 nitrogen and oxygen atoms in total. The van der Waals surface area contributed by atoms with Gasteiger partial charge in [0.1, 0.15) is 11.3 Å². The van der Waals surface area contributed by atoms with E-state index in [0.717, 1.165) is 16.7 Å². The summed E-state index contributed by atoms with van der Waals surface area (Å²) in [5.41, 5.74) is 2.32. The maximum Gasteiger partial charge on any atom is 0.147 e. The number of aryl methyl sites for hydroxylation is 1. The summed E-state index contributed by atoms with van der Waals surface area (Å²) in [5, 5.41) is 5.53. The van der Waals surface area contributed by atoms with Crippen LogP contribution >= 0.6 is 0 Å². The van der Waals surface area contributed by atoms with Gasteiger partial charge in [-0.25, -0.2) is 0 Å². The Morgan fingerprint density at radius 3 is 2.50 bits per heavy atom. The van der Waals surface area contributed by atoms with Gasteiger partial charge in [0, 0.05) is 18.6 Å². The number of aromatic nitrogens is 2. The van der Waals surface area contributed by atoms with E-state index in [0.29, 0.717) is 0 Å². The Hall–Kier alpha value is -1.51. The van der Waals surface area contributed by atoms with E-state index >= 15 is 0 Å². The predicted octanol–water partition coefficient (Wildman–Crippen LogP) is 2.88. The van der Waals surface area contributed by atoms with Crippen LogP contribution in [0.4, 0.5) is 0 Å². The molecule has 3 heteroatoms. The van der Waals surface area contributed by atoms with Gasteiger partial charge in [-0.15, -0.1) is 0 Å². The zero-order valence-electron chi connectivity index (χ0n) is 10.5. The van der Waals surface area contributed by atoms with E-state index in [4.69, 9.17) is 4.74 Å². The van der Waals surface area contributed by atoms with Crippen molar-refractivity contribution in [3.8, 4) is 5.75 Å². The number of fused-ring (bicyclic) bond motifs is 1. The Labute approximate surface area is 96.0 Å². The molecule has 0 radical (unpaired) electrons. The van der Waals surface area contributed by atoms with Crippen molar-refractivity contribution in [2.24, 2.45) is 7.05 Å². The van der Waals surface area contributed by atoms with E-state index in [1.807, 2.05) is 17.9 Å². The average molecular weight is 218 g/mol. The van der Waals surface area contributed by atoms with Gasteiger partial charge in [0.05, 0.1) is 7.11 Å². The Bertz CT molecular complexity index is 520. The Balaban J connectivity index is 2.72. The van der Waals surface area contributed by atoms with Crippen molar-refractivity contribution in [2.75, 3.05) is 7.11 Å². The van der Waals surface area contributed by atoms with Crippen LogP contribution in [0.1, 0.15) is 26.3 Å². The van der Waals surface area contributed by atoms with Crippen molar-refractivity contribution in [1.82, 2.24) is 9.78 Å². The molecule has 0 aliphatic heterocycles. The second kappa shape index (κ2) is 3.51. The van der Waals surface area contributed by atoms with Gasteiger partial charge in [0.25, 0.3) is 0 Å². The number of benzene rings is 1. The third-order valence-electron chi connectivity index (χ3n) is 2.77. The smallest absolute Gasteiger partial charge is 0.147 e. The lowest BCUT2D eigenvalue weighted by molar-refractivity contribution is 0.416. The van der Waals surface area contributed by atoms with Gasteiger partial charge in [-0.05, 0) is 23.1 Å². The van der Waals surface area contributed by atoms with Crippen LogP contribution in [0.15, 0.2) is 18.3 Å². The highest BCUT2D eigenvalue weighted by Crippen LogP contribution is 2.32. The number of nitrogens with zero attached hydrogens (tertiary/aromatic N) is 2. The van der Waals surface area contributed by atoms with Gasteiger partial charge in [0.2, 0.25) is 0 Å². The minimum atomic E-state index is 0.122. The van der Waals surface area contributed by atoms with Crippen molar-refractivity contribution >= 4 is 10.9 Å². The summed E-state index contributed by atoms with van der Waals surface area (Å²) in [5.74, 6) is 0.850. The average Bonchev–Trinajstić information content (AvgIpc) is 2.54. The van der Waals surface area contributed by atoms with Crippen molar-refractivity contribution in [3.05, 3.63) is 23.9 Å². The first-order chi connectivity index (χ1) is 7.41. The fourth-order valence-corrected chi connectivity index (χ4v) is 1.81. The Morgan fingerprint density at radius 1 is 1.25 bits per heavy atom. The highest BCUT2D eigenvalue weighted by atomic mass is 16.5. The van der Waals surface area contributed by atoms with Gasteiger partial charge in [-0.3, -0.25) is 4.68 Å². The standard InChI is InChI=1S/C13H18N2O/c1-13(2,3)10-6-9-8-15(4)14-12(9)11(7-10)16-5/h6-8H,1-5H3. The summed E-state index contributed by atoms with van der Waals surface area (Å²) < 4.78 is 7.22. The zero-order valence-corrected chi connectivity index (χ0v) is 10.5. The van der Waals surface area contributed by atoms with Crippen LogP contribution in [-0.2, 0) is 12.5 Å². The maximum absolute atomic E-state index is 5.40. The van der Waals surface area contributed by atoms with Crippen molar-refractivity contribution in [1.29, 1.82) is 0 Å². The van der Waals surface area contributed by atoms with E-state index in [9.17, 15) is 0 Å². The lowest BCUT2D eigenvalue weighted by atomic mass is 9.86. The predicted molar refractivity (Wildman–Crippen MR) is 66.0 cm³/mol. The number of hydrogen-bond donors (Lipinski definition) is 0. The first-order valence-corrected chi connectivity index (χ1v) is 5.43. The lowest BCUT2D eigenvalue weighted by Gasteiger charge is -2.19. The molecule has 0 amide bonds. The lowest BCUT2D eigenvalue weighted by Crippen LogP contribution is -2.11. The highest BCUT2D eigenvalue weighted by molar-refractivity contribution is 5.85. The third-order valence-corrected chi connectivity index (χ3v) is 2.77. The summed E-state index contributed by atoms with van der Waals surface area (Å²) in [6.45, 7) is 6.60. The summed E-state index contributed by atoms with van der Waals surface area (Å²) in [6.07, 6.45) is 2.02. The van der Waals surface area contributed by atoms with E-state index in [2.05, 4.69) is 38.0 Å². The molecule has 2 aromatic rings. The number of methoxy groups -OCH3 is 1. The second-order valence-electron chi connectivity index (χ2n) is 5.17.